The highest BCUT2D eigenvalue weighted by Crippen LogP contribution is 2.39. The maximum Gasteiger partial charge on any atom is 0.108 e. The van der Waals surface area contributed by atoms with E-state index in [0.29, 0.717) is 0 Å². The predicted molar refractivity (Wildman–Crippen MR) is 85.4 cm³/mol. The first-order valence-electron chi connectivity index (χ1n) is 5.70. The summed E-state index contributed by atoms with van der Waals surface area (Å²) in [5.74, 6) is 1.03. The normalized spacial score (nSPS) is 12.7. The van der Waals surface area contributed by atoms with Gasteiger partial charge in [0.1, 0.15) is 5.76 Å². The summed E-state index contributed by atoms with van der Waals surface area (Å²) >= 11 is 11.0. The van der Waals surface area contributed by atoms with Crippen molar-refractivity contribution in [2.45, 2.75) is 25.1 Å². The molecule has 1 nitrogen and oxygen atoms in total. The first-order valence-corrected chi connectivity index (χ1v) is 8.20. The second kappa shape index (κ2) is 5.93. The predicted octanol–water partition coefficient (Wildman–Crippen LogP) is 6.16. The standard InChI is InChI=1S/C14H13Br3O/c1-3-13-9(4-5-18-13)14(17)10-7-11(15)8(2)6-12(10)16/h4-7,14H,3H2,1-2H3. The Morgan fingerprint density at radius 2 is 1.89 bits per heavy atom. The molecule has 0 aliphatic heterocycles. The summed E-state index contributed by atoms with van der Waals surface area (Å²) in [4.78, 5) is 0.137. The fourth-order valence-corrected chi connectivity index (χ4v) is 4.03. The average Bonchev–Trinajstić information content (AvgIpc) is 2.81. The summed E-state index contributed by atoms with van der Waals surface area (Å²) < 4.78 is 7.72. The van der Waals surface area contributed by atoms with E-state index in [9.17, 15) is 0 Å². The molecule has 18 heavy (non-hydrogen) atoms. The van der Waals surface area contributed by atoms with Crippen molar-refractivity contribution in [1.82, 2.24) is 0 Å². The van der Waals surface area contributed by atoms with Gasteiger partial charge in [0.25, 0.3) is 0 Å². The van der Waals surface area contributed by atoms with E-state index < -0.39 is 0 Å². The van der Waals surface area contributed by atoms with Crippen LogP contribution in [0.4, 0.5) is 0 Å². The number of rotatable bonds is 3. The van der Waals surface area contributed by atoms with E-state index >= 15 is 0 Å². The molecule has 0 saturated carbocycles. The quantitative estimate of drug-likeness (QED) is 0.525. The molecule has 0 aliphatic carbocycles. The van der Waals surface area contributed by atoms with Crippen LogP contribution in [0, 0.1) is 6.92 Å². The van der Waals surface area contributed by atoms with E-state index in [1.807, 2.05) is 6.07 Å². The number of benzene rings is 1. The highest BCUT2D eigenvalue weighted by molar-refractivity contribution is 9.11. The summed E-state index contributed by atoms with van der Waals surface area (Å²) in [5, 5.41) is 0. The summed E-state index contributed by atoms with van der Waals surface area (Å²) in [6.45, 7) is 4.18. The molecule has 96 valence electrons. The number of aryl methyl sites for hydroxylation is 2. The Morgan fingerprint density at radius 1 is 1.17 bits per heavy atom. The topological polar surface area (TPSA) is 13.1 Å². The van der Waals surface area contributed by atoms with Crippen molar-refractivity contribution in [3.05, 3.63) is 55.9 Å². The average molecular weight is 437 g/mol. The number of halogens is 3. The zero-order chi connectivity index (χ0) is 13.3. The van der Waals surface area contributed by atoms with Crippen molar-refractivity contribution in [3.8, 4) is 0 Å². The monoisotopic (exact) mass is 434 g/mol. The van der Waals surface area contributed by atoms with E-state index in [0.717, 1.165) is 21.1 Å². The summed E-state index contributed by atoms with van der Waals surface area (Å²) in [6.07, 6.45) is 2.65. The Hall–Kier alpha value is -0.0600. The van der Waals surface area contributed by atoms with E-state index in [1.165, 1.54) is 16.7 Å². The molecule has 2 rings (SSSR count). The van der Waals surface area contributed by atoms with Crippen LogP contribution in [0.2, 0.25) is 0 Å². The first-order chi connectivity index (χ1) is 8.54. The van der Waals surface area contributed by atoms with Crippen molar-refractivity contribution in [2.75, 3.05) is 0 Å². The zero-order valence-electron chi connectivity index (χ0n) is 10.1. The van der Waals surface area contributed by atoms with Crippen LogP contribution >= 0.6 is 47.8 Å². The van der Waals surface area contributed by atoms with E-state index in [2.05, 4.69) is 73.8 Å². The Kier molecular flexibility index (Phi) is 4.73. The first kappa shape index (κ1) is 14.4. The third-order valence-electron chi connectivity index (χ3n) is 2.93. The molecule has 2 aromatic rings. The van der Waals surface area contributed by atoms with Crippen LogP contribution in [0.5, 0.6) is 0 Å². The van der Waals surface area contributed by atoms with Gasteiger partial charge in [-0.05, 0) is 36.2 Å². The van der Waals surface area contributed by atoms with Gasteiger partial charge in [-0.15, -0.1) is 0 Å². The third kappa shape index (κ3) is 2.75. The molecule has 4 heteroatoms. The van der Waals surface area contributed by atoms with Gasteiger partial charge in [0.05, 0.1) is 11.1 Å². The lowest BCUT2D eigenvalue weighted by atomic mass is 10.0. The van der Waals surface area contributed by atoms with E-state index in [1.54, 1.807) is 6.26 Å². The van der Waals surface area contributed by atoms with Crippen molar-refractivity contribution in [2.24, 2.45) is 0 Å². The van der Waals surface area contributed by atoms with Crippen LogP contribution < -0.4 is 0 Å². The van der Waals surface area contributed by atoms with Gasteiger partial charge in [0.2, 0.25) is 0 Å². The molecular formula is C14H13Br3O. The molecule has 0 N–H and O–H groups in total. The summed E-state index contributed by atoms with van der Waals surface area (Å²) in [7, 11) is 0. The van der Waals surface area contributed by atoms with E-state index in [4.69, 9.17) is 4.42 Å². The van der Waals surface area contributed by atoms with Crippen molar-refractivity contribution in [1.29, 1.82) is 0 Å². The maximum atomic E-state index is 5.49. The van der Waals surface area contributed by atoms with Gasteiger partial charge in [-0.25, -0.2) is 0 Å². The van der Waals surface area contributed by atoms with E-state index in [-0.39, 0.29) is 4.83 Å². The van der Waals surface area contributed by atoms with Gasteiger partial charge in [-0.1, -0.05) is 54.7 Å². The molecule has 0 bridgehead atoms. The molecule has 0 spiro atoms. The molecule has 0 fully saturated rings. The molecule has 1 atom stereocenters. The lowest BCUT2D eigenvalue weighted by molar-refractivity contribution is 0.512. The molecule has 0 aliphatic rings. The highest BCUT2D eigenvalue weighted by Gasteiger charge is 2.19. The van der Waals surface area contributed by atoms with Gasteiger partial charge in [0, 0.05) is 20.9 Å². The van der Waals surface area contributed by atoms with Crippen molar-refractivity contribution < 1.29 is 4.42 Å². The Bertz CT molecular complexity index is 560. The number of furan rings is 1. The molecule has 0 amide bonds. The molecule has 1 heterocycles. The molecule has 0 saturated heterocycles. The minimum Gasteiger partial charge on any atom is -0.469 e. The zero-order valence-corrected chi connectivity index (χ0v) is 14.9. The lowest BCUT2D eigenvalue weighted by Crippen LogP contribution is -1.97. The molecule has 1 aromatic carbocycles. The molecule has 0 radical (unpaired) electrons. The maximum absolute atomic E-state index is 5.49. The molecule has 1 aromatic heterocycles. The smallest absolute Gasteiger partial charge is 0.108 e. The Balaban J connectivity index is 2.46. The minimum absolute atomic E-state index is 0.137. The fourth-order valence-electron chi connectivity index (χ4n) is 1.89. The Morgan fingerprint density at radius 3 is 2.56 bits per heavy atom. The molecular weight excluding hydrogens is 424 g/mol. The SMILES string of the molecule is CCc1occc1C(Br)c1cc(Br)c(C)cc1Br. The van der Waals surface area contributed by atoms with Crippen molar-refractivity contribution >= 4 is 47.8 Å². The number of hydrogen-bond acceptors (Lipinski definition) is 1. The highest BCUT2D eigenvalue weighted by atomic mass is 79.9. The molecule has 1 unspecified atom stereocenters. The number of hydrogen-bond donors (Lipinski definition) is 0. The van der Waals surface area contributed by atoms with Crippen LogP contribution in [-0.2, 0) is 6.42 Å². The van der Waals surface area contributed by atoms with Crippen LogP contribution in [0.15, 0.2) is 37.8 Å². The van der Waals surface area contributed by atoms with Crippen LogP contribution in [0.25, 0.3) is 0 Å². The van der Waals surface area contributed by atoms with Gasteiger partial charge < -0.3 is 4.42 Å². The van der Waals surface area contributed by atoms with Crippen LogP contribution in [0.3, 0.4) is 0 Å². The van der Waals surface area contributed by atoms with Crippen molar-refractivity contribution in [3.63, 3.8) is 0 Å². The summed E-state index contributed by atoms with van der Waals surface area (Å²) in [5.41, 5.74) is 3.60. The lowest BCUT2D eigenvalue weighted by Gasteiger charge is -2.14. The largest absolute Gasteiger partial charge is 0.469 e. The number of alkyl halides is 1. The fraction of sp³-hybridized carbons (Fsp3) is 0.286. The van der Waals surface area contributed by atoms with Gasteiger partial charge in [-0.3, -0.25) is 0 Å². The summed E-state index contributed by atoms with van der Waals surface area (Å²) in [6, 6.07) is 6.29. The van der Waals surface area contributed by atoms with Crippen LogP contribution in [-0.4, -0.2) is 0 Å². The van der Waals surface area contributed by atoms with Gasteiger partial charge in [0.15, 0.2) is 0 Å². The van der Waals surface area contributed by atoms with Gasteiger partial charge >= 0.3 is 0 Å². The van der Waals surface area contributed by atoms with Crippen LogP contribution in [0.1, 0.15) is 34.2 Å². The second-order valence-electron chi connectivity index (χ2n) is 4.14. The second-order valence-corrected chi connectivity index (χ2v) is 6.76. The Labute approximate surface area is 132 Å². The van der Waals surface area contributed by atoms with Gasteiger partial charge in [-0.2, -0.15) is 0 Å². The third-order valence-corrected chi connectivity index (χ3v) is 5.45. The minimum atomic E-state index is 0.137.